The molecule has 0 unspecified atom stereocenters. The Bertz CT molecular complexity index is 1030. The van der Waals surface area contributed by atoms with Crippen molar-refractivity contribution in [3.63, 3.8) is 0 Å². The van der Waals surface area contributed by atoms with Crippen LogP contribution in [-0.2, 0) is 19.1 Å². The number of esters is 1. The quantitative estimate of drug-likeness (QED) is 0.290. The topological polar surface area (TPSA) is 55.8 Å². The van der Waals surface area contributed by atoms with Gasteiger partial charge in [0.15, 0.2) is 5.76 Å². The fraction of sp³-hybridized carbons (Fsp3) is 0.407. The first kappa shape index (κ1) is 26.1. The van der Waals surface area contributed by atoms with Crippen LogP contribution in [0.1, 0.15) is 63.8 Å². The predicted molar refractivity (Wildman–Crippen MR) is 135 cm³/mol. The van der Waals surface area contributed by atoms with Gasteiger partial charge in [0.25, 0.3) is 5.91 Å². The van der Waals surface area contributed by atoms with E-state index in [-0.39, 0.29) is 30.2 Å². The van der Waals surface area contributed by atoms with Crippen LogP contribution in [-0.4, -0.2) is 29.4 Å². The number of morpholine rings is 1. The highest BCUT2D eigenvalue weighted by Crippen LogP contribution is 2.45. The van der Waals surface area contributed by atoms with Gasteiger partial charge in [-0.3, -0.25) is 4.79 Å². The number of halogens is 2. The van der Waals surface area contributed by atoms with Crippen LogP contribution >= 0.6 is 23.2 Å². The second kappa shape index (κ2) is 11.8. The first-order valence-corrected chi connectivity index (χ1v) is 12.4. The SMILES string of the molecule is CCC(CC)N1C(=O)/C(=C/C(=O)OCC(C)C)O[C@H](c2cccc(Cl)c2)[C@H]1c1ccc(Cl)cc1. The molecule has 0 saturated carbocycles. The van der Waals surface area contributed by atoms with Crippen LogP contribution < -0.4 is 0 Å². The monoisotopic (exact) mass is 503 g/mol. The number of carbonyl (C=O) groups is 2. The molecular formula is C27H31Cl2NO4. The van der Waals surface area contributed by atoms with Crippen molar-refractivity contribution in [1.82, 2.24) is 4.90 Å². The van der Waals surface area contributed by atoms with Crippen molar-refractivity contribution in [2.45, 2.75) is 58.7 Å². The van der Waals surface area contributed by atoms with Crippen LogP contribution in [0.4, 0.5) is 0 Å². The van der Waals surface area contributed by atoms with E-state index < -0.39 is 18.1 Å². The summed E-state index contributed by atoms with van der Waals surface area (Å²) in [7, 11) is 0. The van der Waals surface area contributed by atoms with Gasteiger partial charge >= 0.3 is 5.97 Å². The molecule has 1 fully saturated rings. The normalized spacial score (nSPS) is 19.6. The number of hydrogen-bond donors (Lipinski definition) is 0. The summed E-state index contributed by atoms with van der Waals surface area (Å²) in [4.78, 5) is 28.0. The zero-order valence-electron chi connectivity index (χ0n) is 20.0. The Labute approximate surface area is 211 Å². The van der Waals surface area contributed by atoms with Crippen LogP contribution in [0.5, 0.6) is 0 Å². The second-order valence-electron chi connectivity index (χ2n) is 8.81. The summed E-state index contributed by atoms with van der Waals surface area (Å²) in [6.07, 6.45) is 2.08. The van der Waals surface area contributed by atoms with E-state index in [2.05, 4.69) is 0 Å². The molecule has 2 atom stereocenters. The molecule has 0 aliphatic carbocycles. The van der Waals surface area contributed by atoms with E-state index in [0.29, 0.717) is 10.0 Å². The van der Waals surface area contributed by atoms with Gasteiger partial charge in [-0.2, -0.15) is 0 Å². The van der Waals surface area contributed by atoms with Crippen molar-refractivity contribution < 1.29 is 19.1 Å². The highest BCUT2D eigenvalue weighted by atomic mass is 35.5. The summed E-state index contributed by atoms with van der Waals surface area (Å²) in [5.41, 5.74) is 1.69. The predicted octanol–water partition coefficient (Wildman–Crippen LogP) is 6.91. The van der Waals surface area contributed by atoms with Crippen LogP contribution in [0, 0.1) is 5.92 Å². The third-order valence-corrected chi connectivity index (χ3v) is 6.31. The van der Waals surface area contributed by atoms with Gasteiger partial charge < -0.3 is 14.4 Å². The van der Waals surface area contributed by atoms with E-state index in [1.54, 1.807) is 18.2 Å². The van der Waals surface area contributed by atoms with Crippen LogP contribution in [0.25, 0.3) is 0 Å². The van der Waals surface area contributed by atoms with Gasteiger partial charge in [-0.05, 0) is 54.2 Å². The van der Waals surface area contributed by atoms with Gasteiger partial charge in [-0.15, -0.1) is 0 Å². The Kier molecular flexibility index (Phi) is 9.03. The minimum absolute atomic E-state index is 0.0316. The average Bonchev–Trinajstić information content (AvgIpc) is 2.81. The average molecular weight is 504 g/mol. The zero-order valence-corrected chi connectivity index (χ0v) is 21.5. The van der Waals surface area contributed by atoms with Gasteiger partial charge in [-0.1, -0.05) is 75.2 Å². The maximum atomic E-state index is 13.7. The van der Waals surface area contributed by atoms with E-state index in [4.69, 9.17) is 32.7 Å². The molecule has 0 aromatic heterocycles. The Morgan fingerprint density at radius 2 is 1.74 bits per heavy atom. The molecule has 1 saturated heterocycles. The van der Waals surface area contributed by atoms with Crippen LogP contribution in [0.15, 0.2) is 60.4 Å². The summed E-state index contributed by atoms with van der Waals surface area (Å²) in [5, 5.41) is 1.16. The summed E-state index contributed by atoms with van der Waals surface area (Å²) in [6.45, 7) is 8.25. The van der Waals surface area contributed by atoms with Gasteiger partial charge in [0.2, 0.25) is 0 Å². The number of hydrogen-bond acceptors (Lipinski definition) is 4. The lowest BCUT2D eigenvalue weighted by Crippen LogP contribution is -2.49. The maximum absolute atomic E-state index is 13.7. The molecule has 1 heterocycles. The maximum Gasteiger partial charge on any atom is 0.334 e. The van der Waals surface area contributed by atoms with Gasteiger partial charge in [0, 0.05) is 16.1 Å². The van der Waals surface area contributed by atoms with E-state index >= 15 is 0 Å². The van der Waals surface area contributed by atoms with Crippen molar-refractivity contribution in [3.8, 4) is 0 Å². The molecule has 2 aromatic rings. The third-order valence-electron chi connectivity index (χ3n) is 5.82. The molecule has 0 spiro atoms. The first-order chi connectivity index (χ1) is 16.2. The van der Waals surface area contributed by atoms with Crippen molar-refractivity contribution >= 4 is 35.1 Å². The van der Waals surface area contributed by atoms with Gasteiger partial charge in [0.05, 0.1) is 18.7 Å². The number of amides is 1. The Balaban J connectivity index is 2.13. The standard InChI is InChI=1S/C27H31Cl2NO4/c1-5-22(6-2)30-25(18-10-12-20(28)13-11-18)26(19-8-7-9-21(29)14-19)34-23(27(30)32)15-24(31)33-16-17(3)4/h7-15,17,22,25-26H,5-6,16H2,1-4H3/b23-15-/t25-,26-/m1/s1. The van der Waals surface area contributed by atoms with Crippen molar-refractivity contribution in [1.29, 1.82) is 0 Å². The van der Waals surface area contributed by atoms with Crippen molar-refractivity contribution in [3.05, 3.63) is 81.5 Å². The molecule has 1 amide bonds. The fourth-order valence-corrected chi connectivity index (χ4v) is 4.47. The molecule has 3 rings (SSSR count). The number of ether oxygens (including phenoxy) is 2. The van der Waals surface area contributed by atoms with Crippen molar-refractivity contribution in [2.75, 3.05) is 6.61 Å². The summed E-state index contributed by atoms with van der Waals surface area (Å²) >= 11 is 12.5. The van der Waals surface area contributed by atoms with E-state index in [1.807, 2.05) is 62.9 Å². The summed E-state index contributed by atoms with van der Waals surface area (Å²) < 4.78 is 11.5. The molecule has 1 aliphatic heterocycles. The molecule has 0 bridgehead atoms. The van der Waals surface area contributed by atoms with Crippen molar-refractivity contribution in [2.24, 2.45) is 5.92 Å². The highest BCUT2D eigenvalue weighted by molar-refractivity contribution is 6.30. The van der Waals surface area contributed by atoms with Crippen LogP contribution in [0.2, 0.25) is 10.0 Å². The lowest BCUT2D eigenvalue weighted by atomic mass is 9.90. The third kappa shape index (κ3) is 6.13. The Morgan fingerprint density at radius 1 is 1.06 bits per heavy atom. The van der Waals surface area contributed by atoms with E-state index in [0.717, 1.165) is 30.0 Å². The van der Waals surface area contributed by atoms with Gasteiger partial charge in [-0.25, -0.2) is 4.79 Å². The number of benzene rings is 2. The Hall–Kier alpha value is -2.50. The summed E-state index contributed by atoms with van der Waals surface area (Å²) in [5.74, 6) is -0.791. The first-order valence-electron chi connectivity index (χ1n) is 11.6. The molecule has 0 radical (unpaired) electrons. The molecular weight excluding hydrogens is 473 g/mol. The molecule has 34 heavy (non-hydrogen) atoms. The second-order valence-corrected chi connectivity index (χ2v) is 9.68. The molecule has 0 N–H and O–H groups in total. The lowest BCUT2D eigenvalue weighted by Gasteiger charge is -2.46. The molecule has 182 valence electrons. The number of nitrogens with zero attached hydrogens (tertiary/aromatic N) is 1. The zero-order chi connectivity index (χ0) is 24.8. The molecule has 1 aliphatic rings. The molecule has 2 aromatic carbocycles. The molecule has 5 nitrogen and oxygen atoms in total. The smallest absolute Gasteiger partial charge is 0.334 e. The van der Waals surface area contributed by atoms with Crippen LogP contribution in [0.3, 0.4) is 0 Å². The highest BCUT2D eigenvalue weighted by Gasteiger charge is 2.44. The minimum atomic E-state index is -0.601. The van der Waals surface area contributed by atoms with E-state index in [9.17, 15) is 9.59 Å². The lowest BCUT2D eigenvalue weighted by molar-refractivity contribution is -0.153. The van der Waals surface area contributed by atoms with E-state index in [1.165, 1.54) is 0 Å². The Morgan fingerprint density at radius 3 is 2.32 bits per heavy atom. The molecule has 7 heteroatoms. The number of rotatable bonds is 8. The fourth-order valence-electron chi connectivity index (χ4n) is 4.15. The summed E-state index contributed by atoms with van der Waals surface area (Å²) in [6, 6.07) is 14.3. The number of carbonyl (C=O) groups excluding carboxylic acids is 2. The largest absolute Gasteiger partial charge is 0.477 e. The van der Waals surface area contributed by atoms with Gasteiger partial charge in [0.1, 0.15) is 6.10 Å². The minimum Gasteiger partial charge on any atom is -0.477 e.